The van der Waals surface area contributed by atoms with Crippen molar-refractivity contribution < 1.29 is 4.79 Å². The normalized spacial score (nSPS) is 10.9. The van der Waals surface area contributed by atoms with Gasteiger partial charge in [0.25, 0.3) is 0 Å². The molecule has 0 N–H and O–H groups in total. The number of thiazole rings is 1. The molecule has 1 heterocycles. The second kappa shape index (κ2) is 5.17. The third-order valence-electron chi connectivity index (χ3n) is 3.20. The van der Waals surface area contributed by atoms with Crippen molar-refractivity contribution in [3.8, 4) is 10.6 Å². The summed E-state index contributed by atoms with van der Waals surface area (Å²) in [4.78, 5) is 15.8. The van der Waals surface area contributed by atoms with Gasteiger partial charge in [-0.1, -0.05) is 30.3 Å². The summed E-state index contributed by atoms with van der Waals surface area (Å²) in [6.45, 7) is 3.71. The van der Waals surface area contributed by atoms with Crippen molar-refractivity contribution >= 4 is 27.3 Å². The van der Waals surface area contributed by atoms with Crippen molar-refractivity contribution in [1.29, 1.82) is 0 Å². The van der Waals surface area contributed by atoms with Gasteiger partial charge in [-0.05, 0) is 37.1 Å². The Morgan fingerprint density at radius 3 is 2.60 bits per heavy atom. The standard InChI is InChI=1S/C17H15NOS/c1-11-3-8-15-16(9-11)20-17(18-15)14-6-4-13(5-7-14)10-12(2)19/h3-9H,10H2,1-2H3. The van der Waals surface area contributed by atoms with Gasteiger partial charge in [0.2, 0.25) is 0 Å². The van der Waals surface area contributed by atoms with Gasteiger partial charge < -0.3 is 0 Å². The minimum atomic E-state index is 0.188. The zero-order valence-corrected chi connectivity index (χ0v) is 12.3. The number of ketones is 1. The predicted octanol–water partition coefficient (Wildman–Crippen LogP) is 4.40. The van der Waals surface area contributed by atoms with Crippen molar-refractivity contribution in [3.05, 3.63) is 53.6 Å². The molecule has 0 atom stereocenters. The Bertz CT molecular complexity index is 771. The van der Waals surface area contributed by atoms with E-state index in [1.165, 1.54) is 10.3 Å². The smallest absolute Gasteiger partial charge is 0.134 e. The Kier molecular flexibility index (Phi) is 3.36. The molecular formula is C17H15NOS. The number of rotatable bonds is 3. The summed E-state index contributed by atoms with van der Waals surface area (Å²) in [6, 6.07) is 14.4. The van der Waals surface area contributed by atoms with Crippen molar-refractivity contribution in [3.63, 3.8) is 0 Å². The zero-order valence-electron chi connectivity index (χ0n) is 11.5. The molecule has 0 aliphatic heterocycles. The maximum absolute atomic E-state index is 11.1. The number of hydrogen-bond donors (Lipinski definition) is 0. The number of aryl methyl sites for hydroxylation is 1. The third-order valence-corrected chi connectivity index (χ3v) is 4.27. The summed E-state index contributed by atoms with van der Waals surface area (Å²) in [5.41, 5.74) is 4.46. The van der Waals surface area contributed by atoms with Crippen LogP contribution < -0.4 is 0 Å². The molecule has 20 heavy (non-hydrogen) atoms. The quantitative estimate of drug-likeness (QED) is 0.712. The maximum atomic E-state index is 11.1. The van der Waals surface area contributed by atoms with Crippen LogP contribution in [-0.2, 0) is 11.2 Å². The van der Waals surface area contributed by atoms with E-state index in [9.17, 15) is 4.79 Å². The van der Waals surface area contributed by atoms with E-state index in [1.54, 1.807) is 18.3 Å². The van der Waals surface area contributed by atoms with E-state index in [4.69, 9.17) is 0 Å². The summed E-state index contributed by atoms with van der Waals surface area (Å²) in [6.07, 6.45) is 0.499. The second-order valence-electron chi connectivity index (χ2n) is 5.07. The molecule has 1 aromatic heterocycles. The van der Waals surface area contributed by atoms with Crippen LogP contribution in [0.1, 0.15) is 18.1 Å². The molecule has 100 valence electrons. The van der Waals surface area contributed by atoms with Crippen molar-refractivity contribution in [2.75, 3.05) is 0 Å². The van der Waals surface area contributed by atoms with Crippen LogP contribution in [0.4, 0.5) is 0 Å². The lowest BCUT2D eigenvalue weighted by molar-refractivity contribution is -0.116. The summed E-state index contributed by atoms with van der Waals surface area (Å²) in [5.74, 6) is 0.188. The van der Waals surface area contributed by atoms with E-state index in [2.05, 4.69) is 30.1 Å². The summed E-state index contributed by atoms with van der Waals surface area (Å²) in [5, 5.41) is 1.03. The molecule has 0 aliphatic rings. The fourth-order valence-corrected chi connectivity index (χ4v) is 3.28. The molecule has 0 spiro atoms. The van der Waals surface area contributed by atoms with Crippen molar-refractivity contribution in [2.24, 2.45) is 0 Å². The highest BCUT2D eigenvalue weighted by molar-refractivity contribution is 7.21. The third kappa shape index (κ3) is 2.63. The van der Waals surface area contributed by atoms with Gasteiger partial charge in [-0.3, -0.25) is 4.79 Å². The minimum Gasteiger partial charge on any atom is -0.300 e. The number of benzene rings is 2. The SMILES string of the molecule is CC(=O)Cc1ccc(-c2nc3ccc(C)cc3s2)cc1. The maximum Gasteiger partial charge on any atom is 0.134 e. The van der Waals surface area contributed by atoms with Gasteiger partial charge >= 0.3 is 0 Å². The molecule has 0 bridgehead atoms. The van der Waals surface area contributed by atoms with Gasteiger partial charge in [0.1, 0.15) is 10.8 Å². The molecule has 0 saturated carbocycles. The largest absolute Gasteiger partial charge is 0.300 e. The zero-order chi connectivity index (χ0) is 14.1. The first-order chi connectivity index (χ1) is 9.61. The van der Waals surface area contributed by atoms with Crippen LogP contribution in [0.2, 0.25) is 0 Å². The first-order valence-corrected chi connectivity index (χ1v) is 7.39. The van der Waals surface area contributed by atoms with Crippen LogP contribution in [-0.4, -0.2) is 10.8 Å². The lowest BCUT2D eigenvalue weighted by Crippen LogP contribution is -1.95. The summed E-state index contributed by atoms with van der Waals surface area (Å²) >= 11 is 1.71. The number of aromatic nitrogens is 1. The molecule has 3 aromatic rings. The first-order valence-electron chi connectivity index (χ1n) is 6.58. The Morgan fingerprint density at radius 1 is 1.15 bits per heavy atom. The second-order valence-corrected chi connectivity index (χ2v) is 6.10. The summed E-state index contributed by atoms with van der Waals surface area (Å²) < 4.78 is 1.22. The number of hydrogen-bond acceptors (Lipinski definition) is 3. The molecule has 3 rings (SSSR count). The highest BCUT2D eigenvalue weighted by Gasteiger charge is 2.06. The van der Waals surface area contributed by atoms with Gasteiger partial charge in [0, 0.05) is 12.0 Å². The number of fused-ring (bicyclic) bond motifs is 1. The molecule has 0 amide bonds. The first kappa shape index (κ1) is 13.0. The number of Topliss-reactive ketones (excluding diaryl/α,β-unsaturated/α-hetero) is 1. The molecule has 2 nitrogen and oxygen atoms in total. The topological polar surface area (TPSA) is 30.0 Å². The highest BCUT2D eigenvalue weighted by atomic mass is 32.1. The van der Waals surface area contributed by atoms with E-state index < -0.39 is 0 Å². The van der Waals surface area contributed by atoms with E-state index in [0.717, 1.165) is 21.7 Å². The fraction of sp³-hybridized carbons (Fsp3) is 0.176. The molecule has 0 fully saturated rings. The molecule has 0 saturated heterocycles. The van der Waals surface area contributed by atoms with E-state index in [-0.39, 0.29) is 5.78 Å². The molecule has 3 heteroatoms. The van der Waals surface area contributed by atoms with Gasteiger partial charge in [-0.15, -0.1) is 11.3 Å². The van der Waals surface area contributed by atoms with Gasteiger partial charge in [0.05, 0.1) is 10.2 Å². The minimum absolute atomic E-state index is 0.188. The van der Waals surface area contributed by atoms with Crippen LogP contribution >= 0.6 is 11.3 Å². The Hall–Kier alpha value is -2.00. The Morgan fingerprint density at radius 2 is 1.90 bits per heavy atom. The molecule has 2 aromatic carbocycles. The van der Waals surface area contributed by atoms with Crippen LogP contribution in [0, 0.1) is 6.92 Å². The lowest BCUT2D eigenvalue weighted by Gasteiger charge is -1.99. The fourth-order valence-electron chi connectivity index (χ4n) is 2.21. The van der Waals surface area contributed by atoms with Crippen LogP contribution in [0.5, 0.6) is 0 Å². The Balaban J connectivity index is 1.96. The van der Waals surface area contributed by atoms with Crippen LogP contribution in [0.3, 0.4) is 0 Å². The van der Waals surface area contributed by atoms with Crippen molar-refractivity contribution in [1.82, 2.24) is 4.98 Å². The molecule has 0 unspecified atom stereocenters. The van der Waals surface area contributed by atoms with Crippen LogP contribution in [0.15, 0.2) is 42.5 Å². The number of nitrogens with zero attached hydrogens (tertiary/aromatic N) is 1. The van der Waals surface area contributed by atoms with E-state index in [1.807, 2.05) is 24.3 Å². The molecule has 0 radical (unpaired) electrons. The molecular weight excluding hydrogens is 266 g/mol. The molecule has 0 aliphatic carbocycles. The number of carbonyl (C=O) groups excluding carboxylic acids is 1. The Labute approximate surface area is 122 Å². The van der Waals surface area contributed by atoms with Gasteiger partial charge in [-0.2, -0.15) is 0 Å². The predicted molar refractivity (Wildman–Crippen MR) is 84.2 cm³/mol. The monoisotopic (exact) mass is 281 g/mol. The average Bonchev–Trinajstić information content (AvgIpc) is 2.81. The number of carbonyl (C=O) groups is 1. The lowest BCUT2D eigenvalue weighted by atomic mass is 10.1. The van der Waals surface area contributed by atoms with E-state index in [0.29, 0.717) is 6.42 Å². The summed E-state index contributed by atoms with van der Waals surface area (Å²) in [7, 11) is 0. The van der Waals surface area contributed by atoms with Crippen molar-refractivity contribution in [2.45, 2.75) is 20.3 Å². The highest BCUT2D eigenvalue weighted by Crippen LogP contribution is 2.30. The van der Waals surface area contributed by atoms with Crippen LogP contribution in [0.25, 0.3) is 20.8 Å². The van der Waals surface area contributed by atoms with Gasteiger partial charge in [-0.25, -0.2) is 4.98 Å². The van der Waals surface area contributed by atoms with E-state index >= 15 is 0 Å². The van der Waals surface area contributed by atoms with Gasteiger partial charge in [0.15, 0.2) is 0 Å². The average molecular weight is 281 g/mol.